The quantitative estimate of drug-likeness (QED) is 0.376. The topological polar surface area (TPSA) is 90.1 Å². The fraction of sp³-hybridized carbons (Fsp3) is 0.355. The van der Waals surface area contributed by atoms with Gasteiger partial charge in [-0.1, -0.05) is 12.1 Å². The average molecular weight is 522 g/mol. The predicted molar refractivity (Wildman–Crippen MR) is 155 cm³/mol. The Bertz CT molecular complexity index is 1540. The van der Waals surface area contributed by atoms with Crippen LogP contribution in [0.2, 0.25) is 0 Å². The predicted octanol–water partition coefficient (Wildman–Crippen LogP) is 5.19. The highest BCUT2D eigenvalue weighted by atomic mass is 16.2. The van der Waals surface area contributed by atoms with E-state index in [9.17, 15) is 10.1 Å². The summed E-state index contributed by atoms with van der Waals surface area (Å²) in [6.07, 6.45) is 3.96. The number of rotatable bonds is 6. The molecular formula is C31H35N7O. The molecule has 4 aromatic rings. The van der Waals surface area contributed by atoms with E-state index < -0.39 is 0 Å². The third-order valence-electron chi connectivity index (χ3n) is 8.05. The first-order chi connectivity index (χ1) is 18.8. The fourth-order valence-corrected chi connectivity index (χ4v) is 5.74. The van der Waals surface area contributed by atoms with Crippen LogP contribution in [-0.2, 0) is 7.05 Å². The number of nitrogens with zero attached hydrogens (tertiary/aromatic N) is 6. The van der Waals surface area contributed by atoms with Crippen molar-refractivity contribution >= 4 is 22.8 Å². The molecule has 200 valence electrons. The van der Waals surface area contributed by atoms with Gasteiger partial charge in [0.05, 0.1) is 0 Å². The summed E-state index contributed by atoms with van der Waals surface area (Å²) in [5.41, 5.74) is 6.32. The molecule has 1 amide bonds. The molecule has 0 aliphatic carbocycles. The molecule has 1 aliphatic rings. The maximum atomic E-state index is 12.2. The molecule has 0 spiro atoms. The zero-order chi connectivity index (χ0) is 27.7. The van der Waals surface area contributed by atoms with Crippen molar-refractivity contribution in [1.29, 1.82) is 5.26 Å². The molecule has 4 heterocycles. The molecule has 8 heteroatoms. The van der Waals surface area contributed by atoms with E-state index in [1.807, 2.05) is 36.5 Å². The molecule has 1 N–H and O–H groups in total. The summed E-state index contributed by atoms with van der Waals surface area (Å²) in [6, 6.07) is 18.7. The van der Waals surface area contributed by atoms with Crippen LogP contribution >= 0.6 is 0 Å². The van der Waals surface area contributed by atoms with E-state index in [2.05, 4.69) is 63.0 Å². The van der Waals surface area contributed by atoms with Gasteiger partial charge < -0.3 is 14.8 Å². The van der Waals surface area contributed by atoms with E-state index in [1.165, 1.54) is 11.3 Å². The number of aryl methyl sites for hydroxylation is 1. The third-order valence-corrected chi connectivity index (χ3v) is 8.05. The van der Waals surface area contributed by atoms with Gasteiger partial charge in [-0.05, 0) is 86.3 Å². The van der Waals surface area contributed by atoms with Crippen LogP contribution in [0.3, 0.4) is 0 Å². The number of aromatic nitrogens is 3. The number of piperidine rings is 1. The summed E-state index contributed by atoms with van der Waals surface area (Å²) in [7, 11) is 7.43. The van der Waals surface area contributed by atoms with Crippen molar-refractivity contribution in [2.24, 2.45) is 7.05 Å². The SMILES string of the molecule is CNc1ccc(-c2ccnc3c2cc([C@H](C)N2CCC(c4ccc(C(=O)N(C)C)cc4)CC2)n3C)c(C#N)n1. The highest BCUT2D eigenvalue weighted by Gasteiger charge is 2.27. The van der Waals surface area contributed by atoms with E-state index in [0.717, 1.165) is 53.7 Å². The number of hydrogen-bond acceptors (Lipinski definition) is 6. The number of amides is 1. The van der Waals surface area contributed by atoms with Crippen LogP contribution < -0.4 is 5.32 Å². The Morgan fingerprint density at radius 1 is 1.10 bits per heavy atom. The third kappa shape index (κ3) is 4.98. The van der Waals surface area contributed by atoms with Gasteiger partial charge in [-0.2, -0.15) is 5.26 Å². The van der Waals surface area contributed by atoms with Gasteiger partial charge >= 0.3 is 0 Å². The average Bonchev–Trinajstić information content (AvgIpc) is 3.32. The van der Waals surface area contributed by atoms with Gasteiger partial charge in [0.25, 0.3) is 5.91 Å². The summed E-state index contributed by atoms with van der Waals surface area (Å²) < 4.78 is 2.18. The van der Waals surface area contributed by atoms with E-state index >= 15 is 0 Å². The molecule has 3 aromatic heterocycles. The van der Waals surface area contributed by atoms with Crippen LogP contribution in [0.25, 0.3) is 22.2 Å². The summed E-state index contributed by atoms with van der Waals surface area (Å²) >= 11 is 0. The maximum Gasteiger partial charge on any atom is 0.253 e. The van der Waals surface area contributed by atoms with Crippen molar-refractivity contribution in [3.05, 3.63) is 77.2 Å². The number of likely N-dealkylation sites (tertiary alicyclic amines) is 1. The summed E-state index contributed by atoms with van der Waals surface area (Å²) in [5.74, 6) is 1.20. The molecule has 5 rings (SSSR count). The number of fused-ring (bicyclic) bond motifs is 1. The number of nitriles is 1. The summed E-state index contributed by atoms with van der Waals surface area (Å²) in [4.78, 5) is 25.5. The molecule has 1 aliphatic heterocycles. The van der Waals surface area contributed by atoms with E-state index in [0.29, 0.717) is 17.4 Å². The lowest BCUT2D eigenvalue weighted by atomic mass is 9.88. The molecule has 39 heavy (non-hydrogen) atoms. The second-order valence-electron chi connectivity index (χ2n) is 10.5. The van der Waals surface area contributed by atoms with Crippen molar-refractivity contribution in [3.8, 4) is 17.2 Å². The highest BCUT2D eigenvalue weighted by Crippen LogP contribution is 2.36. The van der Waals surface area contributed by atoms with Gasteiger partial charge in [0.2, 0.25) is 0 Å². The monoisotopic (exact) mass is 521 g/mol. The fourth-order valence-electron chi connectivity index (χ4n) is 5.74. The van der Waals surface area contributed by atoms with Crippen LogP contribution in [0.1, 0.15) is 59.0 Å². The molecule has 0 bridgehead atoms. The smallest absolute Gasteiger partial charge is 0.253 e. The lowest BCUT2D eigenvalue weighted by Gasteiger charge is -2.36. The van der Waals surface area contributed by atoms with Crippen molar-refractivity contribution in [3.63, 3.8) is 0 Å². The Labute approximate surface area is 229 Å². The van der Waals surface area contributed by atoms with Crippen molar-refractivity contribution in [1.82, 2.24) is 24.3 Å². The maximum absolute atomic E-state index is 12.2. The van der Waals surface area contributed by atoms with Gasteiger partial charge in [-0.15, -0.1) is 0 Å². The number of carbonyl (C=O) groups is 1. The van der Waals surface area contributed by atoms with Crippen molar-refractivity contribution in [2.45, 2.75) is 31.7 Å². The van der Waals surface area contributed by atoms with Crippen molar-refractivity contribution in [2.75, 3.05) is 39.5 Å². The van der Waals surface area contributed by atoms with Gasteiger partial charge in [-0.3, -0.25) is 9.69 Å². The zero-order valence-corrected chi connectivity index (χ0v) is 23.3. The van der Waals surface area contributed by atoms with Gasteiger partial charge in [0.1, 0.15) is 17.5 Å². The molecule has 0 unspecified atom stereocenters. The van der Waals surface area contributed by atoms with Crippen molar-refractivity contribution < 1.29 is 4.79 Å². The minimum absolute atomic E-state index is 0.0351. The highest BCUT2D eigenvalue weighted by molar-refractivity contribution is 5.95. The minimum Gasteiger partial charge on any atom is -0.373 e. The number of benzene rings is 1. The lowest BCUT2D eigenvalue weighted by Crippen LogP contribution is -2.35. The molecule has 1 atom stereocenters. The van der Waals surface area contributed by atoms with Crippen LogP contribution in [0.4, 0.5) is 5.82 Å². The lowest BCUT2D eigenvalue weighted by molar-refractivity contribution is 0.0827. The van der Waals surface area contributed by atoms with Crippen LogP contribution in [-0.4, -0.2) is 64.5 Å². The zero-order valence-electron chi connectivity index (χ0n) is 23.3. The second kappa shape index (κ2) is 10.9. The summed E-state index contributed by atoms with van der Waals surface area (Å²) in [6.45, 7) is 4.26. The van der Waals surface area contributed by atoms with E-state index in [-0.39, 0.29) is 11.9 Å². The first-order valence-electron chi connectivity index (χ1n) is 13.4. The first kappa shape index (κ1) is 26.4. The molecule has 1 saturated heterocycles. The number of anilines is 1. The Hall–Kier alpha value is -4.22. The van der Waals surface area contributed by atoms with E-state index in [1.54, 1.807) is 26.0 Å². The van der Waals surface area contributed by atoms with Gasteiger partial charge in [-0.25, -0.2) is 9.97 Å². The van der Waals surface area contributed by atoms with Crippen LogP contribution in [0.5, 0.6) is 0 Å². The minimum atomic E-state index is 0.0351. The molecular weight excluding hydrogens is 486 g/mol. The Morgan fingerprint density at radius 2 is 1.82 bits per heavy atom. The standard InChI is InChI=1S/C31H35N7O/c1-20(38-16-13-22(14-17-38)21-6-8-23(9-7-21)31(39)36(3)4)28-18-26-24(12-15-34-30(26)37(28)5)25-10-11-29(33-2)35-27(25)19-32/h6-12,15,18,20,22H,13-14,16-17H2,1-5H3,(H,33,35)/t20-/m0/s1. The Kier molecular flexibility index (Phi) is 7.36. The van der Waals surface area contributed by atoms with Crippen LogP contribution in [0, 0.1) is 11.3 Å². The Balaban J connectivity index is 1.35. The second-order valence-corrected chi connectivity index (χ2v) is 10.5. The Morgan fingerprint density at radius 3 is 2.46 bits per heavy atom. The molecule has 1 aromatic carbocycles. The molecule has 0 radical (unpaired) electrons. The number of nitrogens with one attached hydrogen (secondary N) is 1. The molecule has 0 saturated carbocycles. The van der Waals surface area contributed by atoms with Gasteiger partial charge in [0.15, 0.2) is 5.69 Å². The summed E-state index contributed by atoms with van der Waals surface area (Å²) in [5, 5.41) is 13.8. The largest absolute Gasteiger partial charge is 0.373 e. The van der Waals surface area contributed by atoms with E-state index in [4.69, 9.17) is 0 Å². The number of carbonyl (C=O) groups excluding carboxylic acids is 1. The molecule has 8 nitrogen and oxygen atoms in total. The van der Waals surface area contributed by atoms with Gasteiger partial charge in [0, 0.05) is 62.6 Å². The normalized spacial score (nSPS) is 15.2. The van der Waals surface area contributed by atoms with Crippen LogP contribution in [0.15, 0.2) is 54.7 Å². The molecule has 1 fully saturated rings. The number of hydrogen-bond donors (Lipinski definition) is 1. The first-order valence-corrected chi connectivity index (χ1v) is 13.4. The number of pyridine rings is 2.